The lowest BCUT2D eigenvalue weighted by atomic mass is 9.96. The van der Waals surface area contributed by atoms with Gasteiger partial charge in [-0.25, -0.2) is 0 Å². The molecule has 0 amide bonds. The first-order valence-electron chi connectivity index (χ1n) is 6.99. The van der Waals surface area contributed by atoms with E-state index in [1.807, 2.05) is 12.1 Å². The Morgan fingerprint density at radius 2 is 2.05 bits per heavy atom. The van der Waals surface area contributed by atoms with Crippen LogP contribution in [-0.4, -0.2) is 38.6 Å². The van der Waals surface area contributed by atoms with E-state index in [9.17, 15) is 0 Å². The Morgan fingerprint density at radius 3 is 2.68 bits per heavy atom. The molecule has 0 saturated carbocycles. The average Bonchev–Trinajstić information content (AvgIpc) is 2.41. The highest BCUT2D eigenvalue weighted by atomic mass is 35.5. The maximum Gasteiger partial charge on any atom is 0.0471 e. The average molecular weight is 282 g/mol. The second-order valence-electron chi connectivity index (χ2n) is 5.57. The van der Waals surface area contributed by atoms with Crippen molar-refractivity contribution >= 4 is 17.3 Å². The maximum absolute atomic E-state index is 6.22. The molecule has 1 heterocycles. The second-order valence-corrected chi connectivity index (χ2v) is 5.98. The van der Waals surface area contributed by atoms with Crippen molar-refractivity contribution in [3.8, 4) is 0 Å². The van der Waals surface area contributed by atoms with Crippen molar-refractivity contribution in [3.05, 3.63) is 28.8 Å². The molecule has 1 aliphatic heterocycles. The number of anilines is 1. The van der Waals surface area contributed by atoms with E-state index < -0.39 is 0 Å². The highest BCUT2D eigenvalue weighted by Crippen LogP contribution is 2.28. The third-order valence-electron chi connectivity index (χ3n) is 4.08. The molecule has 2 N–H and O–H groups in total. The van der Waals surface area contributed by atoms with E-state index >= 15 is 0 Å². The molecule has 0 unspecified atom stereocenters. The summed E-state index contributed by atoms with van der Waals surface area (Å²) in [5, 5.41) is 0.773. The summed E-state index contributed by atoms with van der Waals surface area (Å²) in [7, 11) is 4.34. The number of nitrogens with two attached hydrogens (primary N) is 1. The van der Waals surface area contributed by atoms with E-state index in [4.69, 9.17) is 17.3 Å². The summed E-state index contributed by atoms with van der Waals surface area (Å²) in [5.41, 5.74) is 8.05. The van der Waals surface area contributed by atoms with E-state index in [1.165, 1.54) is 31.6 Å². The third kappa shape index (κ3) is 3.62. The topological polar surface area (TPSA) is 32.5 Å². The lowest BCUT2D eigenvalue weighted by molar-refractivity contribution is 0.222. The zero-order valence-electron chi connectivity index (χ0n) is 11.9. The first kappa shape index (κ1) is 14.6. The van der Waals surface area contributed by atoms with Gasteiger partial charge in [0.05, 0.1) is 0 Å². The number of hydrogen-bond donors (Lipinski definition) is 1. The fourth-order valence-electron chi connectivity index (χ4n) is 2.84. The van der Waals surface area contributed by atoms with E-state index in [1.54, 1.807) is 0 Å². The summed E-state index contributed by atoms with van der Waals surface area (Å²) in [6.45, 7) is 3.99. The predicted molar refractivity (Wildman–Crippen MR) is 82.8 cm³/mol. The van der Waals surface area contributed by atoms with Crippen LogP contribution in [-0.2, 0) is 6.54 Å². The van der Waals surface area contributed by atoms with Crippen molar-refractivity contribution in [2.24, 2.45) is 11.7 Å². The van der Waals surface area contributed by atoms with Gasteiger partial charge in [0.15, 0.2) is 0 Å². The van der Waals surface area contributed by atoms with Crippen molar-refractivity contribution in [3.63, 3.8) is 0 Å². The van der Waals surface area contributed by atoms with Crippen LogP contribution >= 0.6 is 11.6 Å². The fourth-order valence-corrected chi connectivity index (χ4v) is 3.08. The van der Waals surface area contributed by atoms with Gasteiger partial charge >= 0.3 is 0 Å². The molecule has 0 bridgehead atoms. The lowest BCUT2D eigenvalue weighted by Crippen LogP contribution is -2.36. The molecule has 1 fully saturated rings. The van der Waals surface area contributed by atoms with Gasteiger partial charge in [0, 0.05) is 36.4 Å². The minimum Gasteiger partial charge on any atom is -0.374 e. The molecule has 0 aromatic heterocycles. The number of benzene rings is 1. The van der Waals surface area contributed by atoms with Gasteiger partial charge in [-0.05, 0) is 51.0 Å². The molecule has 1 aromatic rings. The number of nitrogens with zero attached hydrogens (tertiary/aromatic N) is 2. The number of halogens is 1. The molecule has 1 aromatic carbocycles. The van der Waals surface area contributed by atoms with Gasteiger partial charge in [-0.2, -0.15) is 0 Å². The van der Waals surface area contributed by atoms with E-state index in [0.717, 1.165) is 23.0 Å². The van der Waals surface area contributed by atoms with Crippen LogP contribution in [0.2, 0.25) is 5.02 Å². The highest BCUT2D eigenvalue weighted by molar-refractivity contribution is 6.31. The van der Waals surface area contributed by atoms with Crippen molar-refractivity contribution in [2.75, 3.05) is 38.6 Å². The Morgan fingerprint density at radius 1 is 1.37 bits per heavy atom. The predicted octanol–water partition coefficient (Wildman–Crippen LogP) is 2.58. The minimum absolute atomic E-state index is 0.493. The van der Waals surface area contributed by atoms with Crippen LogP contribution in [0, 0.1) is 5.92 Å². The minimum atomic E-state index is 0.493. The van der Waals surface area contributed by atoms with Crippen molar-refractivity contribution in [1.29, 1.82) is 0 Å². The Hall–Kier alpha value is -0.770. The quantitative estimate of drug-likeness (QED) is 0.921. The fraction of sp³-hybridized carbons (Fsp3) is 0.600. The molecular weight excluding hydrogens is 258 g/mol. The molecule has 0 aliphatic carbocycles. The molecule has 0 radical (unpaired) electrons. The first-order chi connectivity index (χ1) is 9.11. The van der Waals surface area contributed by atoms with Crippen molar-refractivity contribution < 1.29 is 0 Å². The molecule has 1 aliphatic rings. The lowest BCUT2D eigenvalue weighted by Gasteiger charge is -2.33. The molecule has 4 heteroatoms. The Bertz CT molecular complexity index is 414. The van der Waals surface area contributed by atoms with Crippen LogP contribution < -0.4 is 10.6 Å². The molecular formula is C15H24ClN3. The highest BCUT2D eigenvalue weighted by Gasteiger charge is 2.19. The largest absolute Gasteiger partial charge is 0.374 e. The monoisotopic (exact) mass is 281 g/mol. The Kier molecular flexibility index (Phi) is 5.08. The van der Waals surface area contributed by atoms with Crippen LogP contribution in [0.4, 0.5) is 5.69 Å². The SMILES string of the molecule is CN1CCC(CN(C)c2cccc(Cl)c2CN)CC1. The Labute approximate surface area is 121 Å². The smallest absolute Gasteiger partial charge is 0.0471 e. The van der Waals surface area contributed by atoms with Gasteiger partial charge in [0.1, 0.15) is 0 Å². The summed E-state index contributed by atoms with van der Waals surface area (Å²) >= 11 is 6.22. The standard InChI is InChI=1S/C15H24ClN3/c1-18-8-6-12(7-9-18)11-19(2)15-5-3-4-14(16)13(15)10-17/h3-5,12H,6-11,17H2,1-2H3. The molecule has 0 spiro atoms. The first-order valence-corrected chi connectivity index (χ1v) is 7.36. The van der Waals surface area contributed by atoms with Crippen molar-refractivity contribution in [1.82, 2.24) is 4.90 Å². The molecule has 1 saturated heterocycles. The summed E-state index contributed by atoms with van der Waals surface area (Å²) in [6, 6.07) is 6.03. The number of hydrogen-bond acceptors (Lipinski definition) is 3. The van der Waals surface area contributed by atoms with E-state index in [2.05, 4.69) is 30.0 Å². The molecule has 19 heavy (non-hydrogen) atoms. The van der Waals surface area contributed by atoms with Crippen LogP contribution in [0.15, 0.2) is 18.2 Å². The van der Waals surface area contributed by atoms with Crippen LogP contribution in [0.1, 0.15) is 18.4 Å². The molecule has 3 nitrogen and oxygen atoms in total. The van der Waals surface area contributed by atoms with Gasteiger partial charge in [-0.1, -0.05) is 17.7 Å². The third-order valence-corrected chi connectivity index (χ3v) is 4.43. The molecule has 2 rings (SSSR count). The van der Waals surface area contributed by atoms with Crippen molar-refractivity contribution in [2.45, 2.75) is 19.4 Å². The van der Waals surface area contributed by atoms with Crippen LogP contribution in [0.5, 0.6) is 0 Å². The zero-order valence-corrected chi connectivity index (χ0v) is 12.7. The molecule has 0 atom stereocenters. The zero-order chi connectivity index (χ0) is 13.8. The van der Waals surface area contributed by atoms with E-state index in [0.29, 0.717) is 6.54 Å². The van der Waals surface area contributed by atoms with Gasteiger partial charge < -0.3 is 15.5 Å². The number of piperidine rings is 1. The number of likely N-dealkylation sites (tertiary alicyclic amines) is 1. The maximum atomic E-state index is 6.22. The van der Waals surface area contributed by atoms with Gasteiger partial charge in [-0.3, -0.25) is 0 Å². The summed E-state index contributed by atoms with van der Waals surface area (Å²) < 4.78 is 0. The normalized spacial score (nSPS) is 17.7. The van der Waals surface area contributed by atoms with Crippen LogP contribution in [0.3, 0.4) is 0 Å². The summed E-state index contributed by atoms with van der Waals surface area (Å²) in [5.74, 6) is 0.769. The number of rotatable bonds is 4. The molecule has 106 valence electrons. The van der Waals surface area contributed by atoms with Gasteiger partial charge in [0.25, 0.3) is 0 Å². The van der Waals surface area contributed by atoms with Gasteiger partial charge in [-0.15, -0.1) is 0 Å². The van der Waals surface area contributed by atoms with Crippen LogP contribution in [0.25, 0.3) is 0 Å². The second kappa shape index (κ2) is 6.60. The summed E-state index contributed by atoms with van der Waals surface area (Å²) in [4.78, 5) is 4.71. The Balaban J connectivity index is 2.03. The summed E-state index contributed by atoms with van der Waals surface area (Å²) in [6.07, 6.45) is 2.55. The van der Waals surface area contributed by atoms with Gasteiger partial charge in [0.2, 0.25) is 0 Å². The van der Waals surface area contributed by atoms with E-state index in [-0.39, 0.29) is 0 Å².